The van der Waals surface area contributed by atoms with Gasteiger partial charge in [0.05, 0.1) is 6.54 Å². The van der Waals surface area contributed by atoms with Crippen molar-refractivity contribution in [3.05, 3.63) is 0 Å². The lowest BCUT2D eigenvalue weighted by molar-refractivity contribution is -0.154. The third-order valence-corrected chi connectivity index (χ3v) is 4.52. The molecule has 0 aromatic heterocycles. The van der Waals surface area contributed by atoms with E-state index in [1.807, 2.05) is 11.8 Å². The first kappa shape index (κ1) is 12.7. The Bertz CT molecular complexity index is 330. The first-order valence-corrected chi connectivity index (χ1v) is 7.57. The number of carbonyl (C=O) groups excluding carboxylic acids is 2. The van der Waals surface area contributed by atoms with Gasteiger partial charge in [-0.15, -0.1) is 0 Å². The molecule has 2 rings (SSSR count). The SMILES string of the molecule is CSCCCN1C(=O)CNC(=O)C1(C)C1CC1. The van der Waals surface area contributed by atoms with E-state index >= 15 is 0 Å². The van der Waals surface area contributed by atoms with Gasteiger partial charge in [-0.05, 0) is 44.1 Å². The number of carbonyl (C=O) groups is 2. The average molecular weight is 256 g/mol. The third-order valence-electron chi connectivity index (χ3n) is 3.82. The maximum absolute atomic E-state index is 12.1. The van der Waals surface area contributed by atoms with Gasteiger partial charge in [0.2, 0.25) is 11.8 Å². The predicted molar refractivity (Wildman–Crippen MR) is 68.9 cm³/mol. The van der Waals surface area contributed by atoms with Crippen LogP contribution in [0, 0.1) is 5.92 Å². The van der Waals surface area contributed by atoms with Crippen LogP contribution in [-0.2, 0) is 9.59 Å². The number of hydrogen-bond acceptors (Lipinski definition) is 3. The molecule has 1 atom stereocenters. The molecule has 1 heterocycles. The predicted octanol–water partition coefficient (Wildman–Crippen LogP) is 0.867. The Labute approximate surface area is 106 Å². The fraction of sp³-hybridized carbons (Fsp3) is 0.833. The summed E-state index contributed by atoms with van der Waals surface area (Å²) >= 11 is 1.78. The highest BCUT2D eigenvalue weighted by atomic mass is 32.2. The van der Waals surface area contributed by atoms with Crippen LogP contribution in [0.1, 0.15) is 26.2 Å². The van der Waals surface area contributed by atoms with Crippen molar-refractivity contribution in [1.82, 2.24) is 10.2 Å². The monoisotopic (exact) mass is 256 g/mol. The summed E-state index contributed by atoms with van der Waals surface area (Å²) in [6, 6.07) is 0. The fourth-order valence-electron chi connectivity index (χ4n) is 2.59. The molecule has 5 heteroatoms. The van der Waals surface area contributed by atoms with Crippen molar-refractivity contribution in [2.75, 3.05) is 25.1 Å². The van der Waals surface area contributed by atoms with Crippen molar-refractivity contribution in [2.24, 2.45) is 5.92 Å². The Morgan fingerprint density at radius 1 is 1.47 bits per heavy atom. The summed E-state index contributed by atoms with van der Waals surface area (Å²) in [6.07, 6.45) is 5.15. The molecule has 17 heavy (non-hydrogen) atoms. The van der Waals surface area contributed by atoms with Crippen LogP contribution in [0.2, 0.25) is 0 Å². The Kier molecular flexibility index (Phi) is 3.66. The smallest absolute Gasteiger partial charge is 0.246 e. The normalized spacial score (nSPS) is 29.4. The van der Waals surface area contributed by atoms with Crippen LogP contribution >= 0.6 is 11.8 Å². The van der Waals surface area contributed by atoms with Gasteiger partial charge in [-0.1, -0.05) is 0 Å². The van der Waals surface area contributed by atoms with E-state index in [0.29, 0.717) is 12.5 Å². The fourth-order valence-corrected chi connectivity index (χ4v) is 3.00. The van der Waals surface area contributed by atoms with Crippen LogP contribution in [-0.4, -0.2) is 47.4 Å². The Balaban J connectivity index is 2.10. The van der Waals surface area contributed by atoms with Crippen LogP contribution in [0.5, 0.6) is 0 Å². The Morgan fingerprint density at radius 3 is 2.76 bits per heavy atom. The van der Waals surface area contributed by atoms with E-state index in [9.17, 15) is 9.59 Å². The van der Waals surface area contributed by atoms with Crippen LogP contribution in [0.25, 0.3) is 0 Å². The number of hydrogen-bond donors (Lipinski definition) is 1. The molecule has 0 aromatic rings. The van der Waals surface area contributed by atoms with Crippen molar-refractivity contribution in [2.45, 2.75) is 31.7 Å². The summed E-state index contributed by atoms with van der Waals surface area (Å²) in [7, 11) is 0. The molecule has 0 bridgehead atoms. The molecular weight excluding hydrogens is 236 g/mol. The topological polar surface area (TPSA) is 49.4 Å². The minimum atomic E-state index is -0.590. The maximum Gasteiger partial charge on any atom is 0.246 e. The second-order valence-electron chi connectivity index (χ2n) is 5.00. The lowest BCUT2D eigenvalue weighted by Gasteiger charge is -2.44. The van der Waals surface area contributed by atoms with Gasteiger partial charge in [-0.2, -0.15) is 11.8 Å². The van der Waals surface area contributed by atoms with Gasteiger partial charge in [0.1, 0.15) is 5.54 Å². The van der Waals surface area contributed by atoms with E-state index in [2.05, 4.69) is 11.6 Å². The van der Waals surface area contributed by atoms with Gasteiger partial charge < -0.3 is 10.2 Å². The molecule has 0 aromatic carbocycles. The first-order chi connectivity index (χ1) is 8.10. The quantitative estimate of drug-likeness (QED) is 0.743. The molecule has 2 aliphatic rings. The molecule has 1 unspecified atom stereocenters. The number of nitrogens with zero attached hydrogens (tertiary/aromatic N) is 1. The van der Waals surface area contributed by atoms with E-state index in [0.717, 1.165) is 25.0 Å². The molecule has 1 saturated carbocycles. The molecule has 1 aliphatic carbocycles. The van der Waals surface area contributed by atoms with Gasteiger partial charge in [0, 0.05) is 6.54 Å². The van der Waals surface area contributed by atoms with Crippen LogP contribution in [0.15, 0.2) is 0 Å². The molecule has 1 aliphatic heterocycles. The highest BCUT2D eigenvalue weighted by Gasteiger charge is 2.54. The lowest BCUT2D eigenvalue weighted by Crippen LogP contribution is -2.67. The number of nitrogens with one attached hydrogen (secondary N) is 1. The molecule has 1 N–H and O–H groups in total. The van der Waals surface area contributed by atoms with Gasteiger partial charge in [0.15, 0.2) is 0 Å². The number of thioether (sulfide) groups is 1. The molecule has 2 amide bonds. The molecule has 1 saturated heterocycles. The van der Waals surface area contributed by atoms with E-state index in [-0.39, 0.29) is 18.4 Å². The van der Waals surface area contributed by atoms with Gasteiger partial charge in [0.25, 0.3) is 0 Å². The standard InChI is InChI=1S/C12H20N2O2S/c1-12(9-4-5-9)11(16)13-8-10(15)14(12)6-3-7-17-2/h9H,3-8H2,1-2H3,(H,13,16). The van der Waals surface area contributed by atoms with E-state index in [1.54, 1.807) is 11.8 Å². The van der Waals surface area contributed by atoms with Crippen molar-refractivity contribution in [3.8, 4) is 0 Å². The summed E-state index contributed by atoms with van der Waals surface area (Å²) in [6.45, 7) is 2.80. The highest BCUT2D eigenvalue weighted by Crippen LogP contribution is 2.44. The minimum absolute atomic E-state index is 0.0313. The Hall–Kier alpha value is -0.710. The minimum Gasteiger partial charge on any atom is -0.345 e. The maximum atomic E-state index is 12.1. The molecule has 96 valence electrons. The third kappa shape index (κ3) is 2.30. The summed E-state index contributed by atoms with van der Waals surface area (Å²) in [5.74, 6) is 1.50. The summed E-state index contributed by atoms with van der Waals surface area (Å²) in [5.41, 5.74) is -0.590. The average Bonchev–Trinajstić information content (AvgIpc) is 3.13. The first-order valence-electron chi connectivity index (χ1n) is 6.18. The summed E-state index contributed by atoms with van der Waals surface area (Å²) in [5, 5.41) is 2.73. The van der Waals surface area contributed by atoms with E-state index < -0.39 is 5.54 Å². The molecule has 4 nitrogen and oxygen atoms in total. The van der Waals surface area contributed by atoms with Crippen LogP contribution in [0.4, 0.5) is 0 Å². The number of rotatable bonds is 5. The zero-order valence-electron chi connectivity index (χ0n) is 10.5. The largest absolute Gasteiger partial charge is 0.345 e. The van der Waals surface area contributed by atoms with Crippen molar-refractivity contribution < 1.29 is 9.59 Å². The van der Waals surface area contributed by atoms with Crippen molar-refractivity contribution in [3.63, 3.8) is 0 Å². The summed E-state index contributed by atoms with van der Waals surface area (Å²) in [4.78, 5) is 25.9. The zero-order valence-corrected chi connectivity index (χ0v) is 11.3. The molecule has 2 fully saturated rings. The number of amides is 2. The lowest BCUT2D eigenvalue weighted by atomic mass is 9.89. The van der Waals surface area contributed by atoms with Crippen molar-refractivity contribution in [1.29, 1.82) is 0 Å². The van der Waals surface area contributed by atoms with Gasteiger partial charge in [-0.3, -0.25) is 9.59 Å². The molecule has 0 radical (unpaired) electrons. The molecular formula is C12H20N2O2S. The number of piperazine rings is 1. The highest BCUT2D eigenvalue weighted by molar-refractivity contribution is 7.98. The van der Waals surface area contributed by atoms with Crippen LogP contribution in [0.3, 0.4) is 0 Å². The second-order valence-corrected chi connectivity index (χ2v) is 5.98. The van der Waals surface area contributed by atoms with E-state index in [4.69, 9.17) is 0 Å². The van der Waals surface area contributed by atoms with E-state index in [1.165, 1.54) is 0 Å². The zero-order chi connectivity index (χ0) is 12.5. The van der Waals surface area contributed by atoms with Gasteiger partial charge >= 0.3 is 0 Å². The Morgan fingerprint density at radius 2 is 2.18 bits per heavy atom. The van der Waals surface area contributed by atoms with Crippen LogP contribution < -0.4 is 5.32 Å². The summed E-state index contributed by atoms with van der Waals surface area (Å²) < 4.78 is 0. The van der Waals surface area contributed by atoms with Gasteiger partial charge in [-0.25, -0.2) is 0 Å². The van der Waals surface area contributed by atoms with Crippen molar-refractivity contribution >= 4 is 23.6 Å². The molecule has 0 spiro atoms. The second kappa shape index (κ2) is 4.88.